The highest BCUT2D eigenvalue weighted by Gasteiger charge is 2.39. The molecule has 2 heteroatoms. The summed E-state index contributed by atoms with van der Waals surface area (Å²) in [7, 11) is 0. The van der Waals surface area contributed by atoms with Crippen molar-refractivity contribution in [3.63, 3.8) is 0 Å². The van der Waals surface area contributed by atoms with E-state index in [1.165, 1.54) is 50.9 Å². The molecule has 0 radical (unpaired) electrons. The average Bonchev–Trinajstić information content (AvgIpc) is 2.52. The minimum Gasteiger partial charge on any atom is -0.314 e. The summed E-state index contributed by atoms with van der Waals surface area (Å²) in [4.78, 5) is 2.77. The molecular weight excluding hydrogens is 244 g/mol. The molecule has 0 saturated carbocycles. The van der Waals surface area contributed by atoms with Crippen molar-refractivity contribution < 1.29 is 0 Å². The Hall–Kier alpha value is -0.860. The molecule has 2 nitrogen and oxygen atoms in total. The van der Waals surface area contributed by atoms with Crippen molar-refractivity contribution in [3.05, 3.63) is 34.9 Å². The Morgan fingerprint density at radius 2 is 2.30 bits per heavy atom. The number of hydrogen-bond acceptors (Lipinski definition) is 2. The van der Waals surface area contributed by atoms with Crippen LogP contribution in [0.25, 0.3) is 0 Å². The fraction of sp³-hybridized carbons (Fsp3) is 0.667. The van der Waals surface area contributed by atoms with Gasteiger partial charge in [0, 0.05) is 25.2 Å². The molecule has 0 amide bonds. The highest BCUT2D eigenvalue weighted by molar-refractivity contribution is 5.37. The molecule has 3 heterocycles. The van der Waals surface area contributed by atoms with E-state index in [1.54, 1.807) is 11.1 Å². The highest BCUT2D eigenvalue weighted by Crippen LogP contribution is 2.40. The van der Waals surface area contributed by atoms with E-state index in [-0.39, 0.29) is 0 Å². The zero-order valence-electron chi connectivity index (χ0n) is 12.6. The van der Waals surface area contributed by atoms with Crippen LogP contribution < -0.4 is 5.32 Å². The summed E-state index contributed by atoms with van der Waals surface area (Å²) < 4.78 is 0. The van der Waals surface area contributed by atoms with Crippen molar-refractivity contribution in [2.24, 2.45) is 5.92 Å². The number of rotatable bonds is 1. The molecule has 3 aliphatic heterocycles. The Kier molecular flexibility index (Phi) is 3.31. The number of hydrogen-bond donors (Lipinski definition) is 1. The molecule has 108 valence electrons. The van der Waals surface area contributed by atoms with Crippen LogP contribution >= 0.6 is 0 Å². The molecule has 0 unspecified atom stereocenters. The van der Waals surface area contributed by atoms with Gasteiger partial charge in [-0.1, -0.05) is 25.1 Å². The molecule has 3 aliphatic rings. The lowest BCUT2D eigenvalue weighted by molar-refractivity contribution is 0.0552. The van der Waals surface area contributed by atoms with E-state index < -0.39 is 0 Å². The lowest BCUT2D eigenvalue weighted by atomic mass is 9.77. The Morgan fingerprint density at radius 3 is 3.20 bits per heavy atom. The minimum atomic E-state index is 0.677. The Balaban J connectivity index is 1.63. The van der Waals surface area contributed by atoms with Crippen LogP contribution in [0, 0.1) is 5.92 Å². The standard InChI is InChI=1S/C18H26N2/c1-2-13-5-6-16-14(10-13)7-9-20-12-15-4-3-8-19-17(15)11-18(16)20/h5-6,10,15,17-19H,2-4,7-9,11-12H2,1H3/t15-,17+,18-/m1/s1. The van der Waals surface area contributed by atoms with E-state index in [0.717, 1.165) is 18.4 Å². The molecule has 3 atom stereocenters. The molecule has 0 aliphatic carbocycles. The van der Waals surface area contributed by atoms with Crippen molar-refractivity contribution in [3.8, 4) is 0 Å². The van der Waals surface area contributed by atoms with Gasteiger partial charge in [-0.3, -0.25) is 4.90 Å². The van der Waals surface area contributed by atoms with Gasteiger partial charge >= 0.3 is 0 Å². The Labute approximate surface area is 122 Å². The first-order chi connectivity index (χ1) is 9.85. The van der Waals surface area contributed by atoms with Gasteiger partial charge < -0.3 is 5.32 Å². The van der Waals surface area contributed by atoms with Gasteiger partial charge in [0.2, 0.25) is 0 Å². The second-order valence-corrected chi connectivity index (χ2v) is 6.85. The molecule has 2 saturated heterocycles. The molecule has 2 fully saturated rings. The Bertz CT molecular complexity index is 496. The monoisotopic (exact) mass is 270 g/mol. The molecule has 0 bridgehead atoms. The maximum Gasteiger partial charge on any atom is 0.0366 e. The van der Waals surface area contributed by atoms with Crippen LogP contribution in [0.15, 0.2) is 18.2 Å². The van der Waals surface area contributed by atoms with Crippen molar-refractivity contribution in [1.29, 1.82) is 0 Å². The van der Waals surface area contributed by atoms with E-state index in [9.17, 15) is 0 Å². The molecule has 4 rings (SSSR count). The fourth-order valence-electron chi connectivity index (χ4n) is 4.59. The smallest absolute Gasteiger partial charge is 0.0366 e. The average molecular weight is 270 g/mol. The third-order valence-corrected chi connectivity index (χ3v) is 5.76. The van der Waals surface area contributed by atoms with Crippen LogP contribution in [0.1, 0.15) is 48.9 Å². The summed E-state index contributed by atoms with van der Waals surface area (Å²) in [6.45, 7) is 6.08. The number of fused-ring (bicyclic) bond motifs is 4. The fourth-order valence-corrected chi connectivity index (χ4v) is 4.59. The summed E-state index contributed by atoms with van der Waals surface area (Å²) in [6.07, 6.45) is 6.54. The van der Waals surface area contributed by atoms with E-state index >= 15 is 0 Å². The van der Waals surface area contributed by atoms with Gasteiger partial charge in [0.25, 0.3) is 0 Å². The van der Waals surface area contributed by atoms with Gasteiger partial charge in [-0.15, -0.1) is 0 Å². The van der Waals surface area contributed by atoms with Gasteiger partial charge in [-0.05, 0) is 61.3 Å². The predicted octanol–water partition coefficient (Wildman–Crippen LogP) is 2.92. The second kappa shape index (κ2) is 5.16. The molecule has 1 N–H and O–H groups in total. The normalized spacial score (nSPS) is 33.1. The highest BCUT2D eigenvalue weighted by atomic mass is 15.2. The van der Waals surface area contributed by atoms with E-state index in [0.29, 0.717) is 6.04 Å². The first kappa shape index (κ1) is 12.8. The molecule has 1 aromatic rings. The molecule has 1 aromatic carbocycles. The van der Waals surface area contributed by atoms with E-state index in [1.807, 2.05) is 0 Å². The second-order valence-electron chi connectivity index (χ2n) is 6.85. The van der Waals surface area contributed by atoms with Crippen molar-refractivity contribution >= 4 is 0 Å². The summed E-state index contributed by atoms with van der Waals surface area (Å²) in [5.41, 5.74) is 4.75. The quantitative estimate of drug-likeness (QED) is 0.844. The number of nitrogens with one attached hydrogen (secondary N) is 1. The third kappa shape index (κ3) is 2.10. The first-order valence-electron chi connectivity index (χ1n) is 8.44. The molecule has 0 aromatic heterocycles. The maximum absolute atomic E-state index is 3.78. The molecule has 0 spiro atoms. The van der Waals surface area contributed by atoms with Gasteiger partial charge in [0.1, 0.15) is 0 Å². The summed E-state index contributed by atoms with van der Waals surface area (Å²) in [6, 6.07) is 8.68. The minimum absolute atomic E-state index is 0.677. The topological polar surface area (TPSA) is 15.3 Å². The zero-order valence-corrected chi connectivity index (χ0v) is 12.6. The Morgan fingerprint density at radius 1 is 1.35 bits per heavy atom. The van der Waals surface area contributed by atoms with Crippen LogP contribution in [0.2, 0.25) is 0 Å². The van der Waals surface area contributed by atoms with Crippen LogP contribution in [0.5, 0.6) is 0 Å². The predicted molar refractivity (Wildman–Crippen MR) is 83.0 cm³/mol. The third-order valence-electron chi connectivity index (χ3n) is 5.76. The summed E-state index contributed by atoms with van der Waals surface area (Å²) in [5.74, 6) is 0.900. The first-order valence-corrected chi connectivity index (χ1v) is 8.44. The van der Waals surface area contributed by atoms with Crippen molar-refractivity contribution in [2.75, 3.05) is 19.6 Å². The zero-order chi connectivity index (χ0) is 13.5. The largest absolute Gasteiger partial charge is 0.314 e. The SMILES string of the molecule is CCc1ccc2c(c1)CCN1C[C@H]3CCCN[C@H]3C[C@H]21. The van der Waals surface area contributed by atoms with Gasteiger partial charge in [0.15, 0.2) is 0 Å². The van der Waals surface area contributed by atoms with Crippen LogP contribution in [-0.2, 0) is 12.8 Å². The molecule has 20 heavy (non-hydrogen) atoms. The summed E-state index contributed by atoms with van der Waals surface area (Å²) >= 11 is 0. The number of nitrogens with zero attached hydrogens (tertiary/aromatic N) is 1. The molecular formula is C18H26N2. The van der Waals surface area contributed by atoms with Crippen molar-refractivity contribution in [2.45, 2.75) is 51.1 Å². The van der Waals surface area contributed by atoms with E-state index in [2.05, 4.69) is 35.3 Å². The van der Waals surface area contributed by atoms with Crippen LogP contribution in [0.4, 0.5) is 0 Å². The lowest BCUT2D eigenvalue weighted by Crippen LogP contribution is -2.54. The van der Waals surface area contributed by atoms with Crippen molar-refractivity contribution in [1.82, 2.24) is 10.2 Å². The lowest BCUT2D eigenvalue weighted by Gasteiger charge is -2.49. The van der Waals surface area contributed by atoms with E-state index in [4.69, 9.17) is 0 Å². The number of aryl methyl sites for hydroxylation is 1. The van der Waals surface area contributed by atoms with Crippen LogP contribution in [-0.4, -0.2) is 30.6 Å². The van der Waals surface area contributed by atoms with Gasteiger partial charge in [0.05, 0.1) is 0 Å². The summed E-state index contributed by atoms with van der Waals surface area (Å²) in [5, 5.41) is 3.78. The number of benzene rings is 1. The van der Waals surface area contributed by atoms with Crippen LogP contribution in [0.3, 0.4) is 0 Å². The maximum atomic E-state index is 3.78. The van der Waals surface area contributed by atoms with Gasteiger partial charge in [-0.25, -0.2) is 0 Å². The number of piperidine rings is 2. The van der Waals surface area contributed by atoms with Gasteiger partial charge in [-0.2, -0.15) is 0 Å².